The lowest BCUT2D eigenvalue weighted by atomic mass is 10.00. The van der Waals surface area contributed by atoms with Crippen molar-refractivity contribution >= 4 is 23.4 Å². The van der Waals surface area contributed by atoms with E-state index in [2.05, 4.69) is 10.3 Å². The number of carbonyl (C=O) groups is 2. The number of benzodiazepines with no additional fused rings is 1. The Bertz CT molecular complexity index is 984. The molecule has 1 unspecified atom stereocenters. The number of alkyl carbamates (subject to hydrolysis) is 1. The lowest BCUT2D eigenvalue weighted by molar-refractivity contribution is -0.120. The molecule has 8 heteroatoms. The van der Waals surface area contributed by atoms with Crippen LogP contribution in [0.1, 0.15) is 31.9 Å². The molecule has 0 aliphatic carbocycles. The van der Waals surface area contributed by atoms with Crippen LogP contribution in [-0.2, 0) is 9.53 Å². The fourth-order valence-corrected chi connectivity index (χ4v) is 3.17. The standard InChI is InChI=1S/C22H25FN4O3/c1-22(2,3)30-21(29)26-19-20(28)27(13-12-24)17-11-7-5-9-15(17)18(25-19)14-8-4-6-10-16(14)23/h4-11,19H,12-13,24H2,1-3H3,(H,26,29). The van der Waals surface area contributed by atoms with Crippen LogP contribution in [0.4, 0.5) is 14.9 Å². The zero-order valence-electron chi connectivity index (χ0n) is 17.2. The Morgan fingerprint density at radius 2 is 1.80 bits per heavy atom. The SMILES string of the molecule is CC(C)(C)OC(=O)NC1N=C(c2ccccc2F)c2ccccc2N(CCN)C1=O. The summed E-state index contributed by atoms with van der Waals surface area (Å²) in [4.78, 5) is 31.5. The number of para-hydroxylation sites is 1. The maximum absolute atomic E-state index is 14.6. The Balaban J connectivity index is 2.13. The maximum atomic E-state index is 14.6. The smallest absolute Gasteiger partial charge is 0.409 e. The molecule has 2 amide bonds. The third-order valence-electron chi connectivity index (χ3n) is 4.34. The topological polar surface area (TPSA) is 97.0 Å². The van der Waals surface area contributed by atoms with Crippen LogP contribution in [-0.4, -0.2) is 42.6 Å². The fraction of sp³-hybridized carbons (Fsp3) is 0.318. The number of nitrogens with one attached hydrogen (secondary N) is 1. The molecule has 0 fully saturated rings. The molecule has 0 saturated carbocycles. The molecule has 1 aliphatic heterocycles. The van der Waals surface area contributed by atoms with Crippen molar-refractivity contribution in [2.75, 3.05) is 18.0 Å². The van der Waals surface area contributed by atoms with Crippen LogP contribution < -0.4 is 16.0 Å². The van der Waals surface area contributed by atoms with Gasteiger partial charge in [0.25, 0.3) is 5.91 Å². The highest BCUT2D eigenvalue weighted by atomic mass is 19.1. The van der Waals surface area contributed by atoms with Gasteiger partial charge < -0.3 is 15.4 Å². The predicted octanol–water partition coefficient (Wildman–Crippen LogP) is 2.82. The molecule has 30 heavy (non-hydrogen) atoms. The van der Waals surface area contributed by atoms with Gasteiger partial charge >= 0.3 is 6.09 Å². The van der Waals surface area contributed by atoms with Crippen LogP contribution in [0.25, 0.3) is 0 Å². The quantitative estimate of drug-likeness (QED) is 0.807. The van der Waals surface area contributed by atoms with E-state index in [9.17, 15) is 14.0 Å². The average Bonchev–Trinajstić information content (AvgIpc) is 2.78. The van der Waals surface area contributed by atoms with E-state index >= 15 is 0 Å². The van der Waals surface area contributed by atoms with Crippen molar-refractivity contribution in [2.24, 2.45) is 10.7 Å². The van der Waals surface area contributed by atoms with Gasteiger partial charge in [0.15, 0.2) is 0 Å². The molecule has 0 aromatic heterocycles. The van der Waals surface area contributed by atoms with E-state index in [1.165, 1.54) is 11.0 Å². The van der Waals surface area contributed by atoms with Gasteiger partial charge in [-0.1, -0.05) is 30.3 Å². The van der Waals surface area contributed by atoms with Crippen molar-refractivity contribution < 1.29 is 18.7 Å². The Morgan fingerprint density at radius 3 is 2.43 bits per heavy atom. The van der Waals surface area contributed by atoms with Crippen molar-refractivity contribution in [3.8, 4) is 0 Å². The van der Waals surface area contributed by atoms with Gasteiger partial charge in [0, 0.05) is 24.2 Å². The number of benzene rings is 2. The molecule has 3 N–H and O–H groups in total. The maximum Gasteiger partial charge on any atom is 0.409 e. The largest absolute Gasteiger partial charge is 0.444 e. The van der Waals surface area contributed by atoms with Gasteiger partial charge in [-0.25, -0.2) is 14.2 Å². The molecule has 1 aliphatic rings. The summed E-state index contributed by atoms with van der Waals surface area (Å²) in [6.07, 6.45) is -2.09. The molecule has 3 rings (SSSR count). The highest BCUT2D eigenvalue weighted by Crippen LogP contribution is 2.28. The summed E-state index contributed by atoms with van der Waals surface area (Å²) in [5.41, 5.74) is 6.57. The zero-order valence-corrected chi connectivity index (χ0v) is 17.2. The number of fused-ring (bicyclic) bond motifs is 1. The molecule has 158 valence electrons. The normalized spacial score (nSPS) is 16.4. The van der Waals surface area contributed by atoms with Gasteiger partial charge in [-0.3, -0.25) is 10.1 Å². The first-order valence-electron chi connectivity index (χ1n) is 9.64. The second kappa shape index (κ2) is 8.62. The van der Waals surface area contributed by atoms with E-state index in [-0.39, 0.29) is 24.4 Å². The molecule has 1 heterocycles. The van der Waals surface area contributed by atoms with Crippen LogP contribution in [0.3, 0.4) is 0 Å². The Labute approximate surface area is 174 Å². The minimum atomic E-state index is -1.30. The van der Waals surface area contributed by atoms with E-state index < -0.39 is 29.6 Å². The van der Waals surface area contributed by atoms with Crippen molar-refractivity contribution in [3.05, 3.63) is 65.5 Å². The number of halogens is 1. The van der Waals surface area contributed by atoms with Crippen LogP contribution in [0.2, 0.25) is 0 Å². The summed E-state index contributed by atoms with van der Waals surface area (Å²) in [5, 5.41) is 2.50. The number of hydrogen-bond donors (Lipinski definition) is 2. The third-order valence-corrected chi connectivity index (χ3v) is 4.34. The van der Waals surface area contributed by atoms with Crippen LogP contribution in [0.5, 0.6) is 0 Å². The summed E-state index contributed by atoms with van der Waals surface area (Å²) in [7, 11) is 0. The van der Waals surface area contributed by atoms with Gasteiger partial charge in [0.2, 0.25) is 6.17 Å². The highest BCUT2D eigenvalue weighted by molar-refractivity contribution is 6.20. The molecule has 7 nitrogen and oxygen atoms in total. The van der Waals surface area contributed by atoms with Gasteiger partial charge in [-0.05, 0) is 39.0 Å². The molecular formula is C22H25FN4O3. The number of nitrogens with zero attached hydrogens (tertiary/aromatic N) is 2. The minimum absolute atomic E-state index is 0.203. The van der Waals surface area contributed by atoms with Crippen molar-refractivity contribution in [2.45, 2.75) is 32.5 Å². The number of ether oxygens (including phenoxy) is 1. The van der Waals surface area contributed by atoms with Gasteiger partial charge in [-0.2, -0.15) is 0 Å². The summed E-state index contributed by atoms with van der Waals surface area (Å²) in [6.45, 7) is 5.56. The Hall–Kier alpha value is -3.26. The van der Waals surface area contributed by atoms with E-state index in [1.54, 1.807) is 63.2 Å². The summed E-state index contributed by atoms with van der Waals surface area (Å²) < 4.78 is 19.9. The summed E-state index contributed by atoms with van der Waals surface area (Å²) in [6, 6.07) is 13.2. The van der Waals surface area contributed by atoms with E-state index in [0.717, 1.165) is 0 Å². The molecule has 0 saturated heterocycles. The van der Waals surface area contributed by atoms with E-state index in [1.807, 2.05) is 0 Å². The number of hydrogen-bond acceptors (Lipinski definition) is 5. The molecular weight excluding hydrogens is 387 g/mol. The number of aliphatic imine (C=N–C) groups is 1. The molecule has 1 atom stereocenters. The second-order valence-corrected chi connectivity index (χ2v) is 7.80. The molecule has 0 bridgehead atoms. The van der Waals surface area contributed by atoms with Crippen molar-refractivity contribution in [1.82, 2.24) is 5.32 Å². The molecule has 2 aromatic carbocycles. The number of carbonyl (C=O) groups excluding carboxylic acids is 2. The first-order valence-corrected chi connectivity index (χ1v) is 9.64. The molecule has 0 radical (unpaired) electrons. The zero-order chi connectivity index (χ0) is 21.9. The summed E-state index contributed by atoms with van der Waals surface area (Å²) >= 11 is 0. The van der Waals surface area contributed by atoms with Crippen molar-refractivity contribution in [3.63, 3.8) is 0 Å². The Kier molecular flexibility index (Phi) is 6.17. The van der Waals surface area contributed by atoms with Crippen LogP contribution in [0, 0.1) is 5.82 Å². The molecule has 0 spiro atoms. The Morgan fingerprint density at radius 1 is 1.17 bits per heavy atom. The monoisotopic (exact) mass is 412 g/mol. The third kappa shape index (κ3) is 4.65. The molecule has 2 aromatic rings. The fourth-order valence-electron chi connectivity index (χ4n) is 3.17. The highest BCUT2D eigenvalue weighted by Gasteiger charge is 2.34. The minimum Gasteiger partial charge on any atom is -0.444 e. The van der Waals surface area contributed by atoms with E-state index in [0.29, 0.717) is 11.3 Å². The lowest BCUT2D eigenvalue weighted by Crippen LogP contribution is -2.49. The summed E-state index contributed by atoms with van der Waals surface area (Å²) in [5.74, 6) is -0.966. The first kappa shape index (κ1) is 21.4. The van der Waals surface area contributed by atoms with E-state index in [4.69, 9.17) is 10.5 Å². The van der Waals surface area contributed by atoms with Crippen LogP contribution in [0.15, 0.2) is 53.5 Å². The second-order valence-electron chi connectivity index (χ2n) is 7.80. The number of amides is 2. The number of rotatable bonds is 4. The van der Waals surface area contributed by atoms with Gasteiger partial charge in [0.05, 0.1) is 11.4 Å². The number of anilines is 1. The van der Waals surface area contributed by atoms with Crippen molar-refractivity contribution in [1.29, 1.82) is 0 Å². The van der Waals surface area contributed by atoms with Gasteiger partial charge in [0.1, 0.15) is 11.4 Å². The predicted molar refractivity (Wildman–Crippen MR) is 113 cm³/mol. The average molecular weight is 412 g/mol. The lowest BCUT2D eigenvalue weighted by Gasteiger charge is -2.26. The van der Waals surface area contributed by atoms with Crippen LogP contribution >= 0.6 is 0 Å². The first-order chi connectivity index (χ1) is 14.2. The van der Waals surface area contributed by atoms with Gasteiger partial charge in [-0.15, -0.1) is 0 Å². The number of nitrogens with two attached hydrogens (primary N) is 1.